The topological polar surface area (TPSA) is 103 Å². The predicted molar refractivity (Wildman–Crippen MR) is 103 cm³/mol. The Morgan fingerprint density at radius 2 is 1.14 bits per heavy atom. The third-order valence-electron chi connectivity index (χ3n) is 6.05. The average Bonchev–Trinajstić information content (AvgIpc) is 2.75. The van der Waals surface area contributed by atoms with Crippen molar-refractivity contribution in [3.8, 4) is 0 Å². The van der Waals surface area contributed by atoms with E-state index in [9.17, 15) is 14.4 Å². The van der Waals surface area contributed by atoms with E-state index in [1.807, 2.05) is 0 Å². The second-order valence-corrected chi connectivity index (χ2v) is 7.98. The van der Waals surface area contributed by atoms with Crippen molar-refractivity contribution in [1.82, 2.24) is 10.6 Å². The number of methoxy groups -OCH3 is 2. The maximum Gasteiger partial charge on any atom is 0.406 e. The Labute approximate surface area is 167 Å². The molecular weight excluding hydrogens is 364 g/mol. The first kappa shape index (κ1) is 22.3. The molecule has 2 N–H and O–H groups in total. The molecule has 0 spiro atoms. The standard InChI is InChI=1S/C20H34N2O6/c1-26-19(24)21-11-14-3-5-16(6-4-14)13-28-18(23)17-9-7-15(8-10-17)12-22-20(25)27-2/h14-17H,3-13H2,1-2H3,(H,21,24)(H,22,25). The number of nitrogens with one attached hydrogen (secondary N) is 2. The van der Waals surface area contributed by atoms with Crippen molar-refractivity contribution in [3.63, 3.8) is 0 Å². The Balaban J connectivity index is 1.57. The molecule has 28 heavy (non-hydrogen) atoms. The average molecular weight is 399 g/mol. The van der Waals surface area contributed by atoms with Gasteiger partial charge in [-0.05, 0) is 69.1 Å². The lowest BCUT2D eigenvalue weighted by atomic mass is 9.81. The van der Waals surface area contributed by atoms with Crippen molar-refractivity contribution in [2.75, 3.05) is 33.9 Å². The quantitative estimate of drug-likeness (QED) is 0.505. The number of esters is 1. The first-order valence-corrected chi connectivity index (χ1v) is 10.3. The molecule has 2 amide bonds. The van der Waals surface area contributed by atoms with Crippen LogP contribution in [0, 0.1) is 23.7 Å². The minimum absolute atomic E-state index is 0.0185. The fourth-order valence-corrected chi connectivity index (χ4v) is 4.12. The minimum Gasteiger partial charge on any atom is -0.465 e. The molecule has 2 aliphatic rings. The van der Waals surface area contributed by atoms with Crippen LogP contribution in [0.15, 0.2) is 0 Å². The second-order valence-electron chi connectivity index (χ2n) is 7.98. The molecule has 2 saturated carbocycles. The van der Waals surface area contributed by atoms with Crippen LogP contribution in [0.2, 0.25) is 0 Å². The lowest BCUT2D eigenvalue weighted by molar-refractivity contribution is -0.151. The van der Waals surface area contributed by atoms with E-state index in [4.69, 9.17) is 4.74 Å². The SMILES string of the molecule is COC(=O)NCC1CCC(COC(=O)C2CCC(CNC(=O)OC)CC2)CC1. The van der Waals surface area contributed by atoms with Crippen molar-refractivity contribution in [2.45, 2.75) is 51.4 Å². The normalized spacial score (nSPS) is 27.4. The molecule has 0 aromatic rings. The Bertz CT molecular complexity index is 511. The number of carbonyl (C=O) groups excluding carboxylic acids is 3. The zero-order chi connectivity index (χ0) is 20.4. The van der Waals surface area contributed by atoms with Crippen molar-refractivity contribution in [3.05, 3.63) is 0 Å². The van der Waals surface area contributed by atoms with Crippen LogP contribution < -0.4 is 10.6 Å². The van der Waals surface area contributed by atoms with E-state index in [1.54, 1.807) is 0 Å². The highest BCUT2D eigenvalue weighted by molar-refractivity contribution is 5.72. The van der Waals surface area contributed by atoms with Crippen molar-refractivity contribution >= 4 is 18.2 Å². The number of amides is 2. The van der Waals surface area contributed by atoms with Gasteiger partial charge in [0.25, 0.3) is 0 Å². The van der Waals surface area contributed by atoms with Crippen LogP contribution in [-0.2, 0) is 19.0 Å². The molecule has 0 saturated heterocycles. The highest BCUT2D eigenvalue weighted by Gasteiger charge is 2.29. The molecule has 0 atom stereocenters. The zero-order valence-electron chi connectivity index (χ0n) is 17.0. The van der Waals surface area contributed by atoms with Crippen molar-refractivity contribution in [1.29, 1.82) is 0 Å². The number of carbonyl (C=O) groups is 3. The third-order valence-corrected chi connectivity index (χ3v) is 6.05. The van der Waals surface area contributed by atoms with E-state index in [0.717, 1.165) is 51.4 Å². The summed E-state index contributed by atoms with van der Waals surface area (Å²) < 4.78 is 14.8. The Hall–Kier alpha value is -1.99. The van der Waals surface area contributed by atoms with Gasteiger partial charge in [0.2, 0.25) is 0 Å². The summed E-state index contributed by atoms with van der Waals surface area (Å²) in [6.45, 7) is 1.75. The lowest BCUT2D eigenvalue weighted by Crippen LogP contribution is -2.33. The molecule has 0 radical (unpaired) electrons. The monoisotopic (exact) mass is 398 g/mol. The van der Waals surface area contributed by atoms with E-state index in [0.29, 0.717) is 37.5 Å². The molecule has 8 heteroatoms. The van der Waals surface area contributed by atoms with Crippen LogP contribution in [-0.4, -0.2) is 52.1 Å². The number of hydrogen-bond donors (Lipinski definition) is 2. The van der Waals surface area contributed by atoms with Gasteiger partial charge in [-0.1, -0.05) is 0 Å². The molecule has 0 aliphatic heterocycles. The van der Waals surface area contributed by atoms with Crippen molar-refractivity contribution in [2.24, 2.45) is 23.7 Å². The maximum absolute atomic E-state index is 12.4. The molecule has 2 rings (SSSR count). The maximum atomic E-state index is 12.4. The van der Waals surface area contributed by atoms with Gasteiger partial charge in [-0.2, -0.15) is 0 Å². The summed E-state index contributed by atoms with van der Waals surface area (Å²) in [4.78, 5) is 34.6. The number of alkyl carbamates (subject to hydrolysis) is 2. The first-order valence-electron chi connectivity index (χ1n) is 10.3. The summed E-state index contributed by atoms with van der Waals surface area (Å²) in [6.07, 6.45) is 6.79. The van der Waals surface area contributed by atoms with Crippen LogP contribution in [0.25, 0.3) is 0 Å². The van der Waals surface area contributed by atoms with Gasteiger partial charge in [-0.25, -0.2) is 9.59 Å². The highest BCUT2D eigenvalue weighted by atomic mass is 16.5. The minimum atomic E-state index is -0.405. The predicted octanol–water partition coefficient (Wildman–Crippen LogP) is 2.85. The number of hydrogen-bond acceptors (Lipinski definition) is 6. The van der Waals surface area contributed by atoms with E-state index in [-0.39, 0.29) is 18.0 Å². The number of ether oxygens (including phenoxy) is 3. The Kier molecular flexibility index (Phi) is 9.37. The number of rotatable bonds is 7. The summed E-state index contributed by atoms with van der Waals surface area (Å²) in [5.74, 6) is 1.19. The molecule has 2 fully saturated rings. The van der Waals surface area contributed by atoms with E-state index in [1.165, 1.54) is 14.2 Å². The van der Waals surface area contributed by atoms with Gasteiger partial charge in [0.05, 0.1) is 26.7 Å². The smallest absolute Gasteiger partial charge is 0.406 e. The van der Waals surface area contributed by atoms with Crippen LogP contribution in [0.1, 0.15) is 51.4 Å². The van der Waals surface area contributed by atoms with Gasteiger partial charge >= 0.3 is 18.2 Å². The summed E-state index contributed by atoms with van der Waals surface area (Å²) in [7, 11) is 2.72. The van der Waals surface area contributed by atoms with Crippen LogP contribution in [0.3, 0.4) is 0 Å². The summed E-state index contributed by atoms with van der Waals surface area (Å²) in [5, 5.41) is 5.48. The summed E-state index contributed by atoms with van der Waals surface area (Å²) >= 11 is 0. The second kappa shape index (κ2) is 11.8. The summed E-state index contributed by atoms with van der Waals surface area (Å²) in [5.41, 5.74) is 0. The Morgan fingerprint density at radius 1 is 0.714 bits per heavy atom. The molecule has 0 heterocycles. The van der Waals surface area contributed by atoms with E-state index < -0.39 is 6.09 Å². The molecule has 0 unspecified atom stereocenters. The fraction of sp³-hybridized carbons (Fsp3) is 0.850. The van der Waals surface area contributed by atoms with Crippen LogP contribution in [0.4, 0.5) is 9.59 Å². The highest BCUT2D eigenvalue weighted by Crippen LogP contribution is 2.31. The van der Waals surface area contributed by atoms with E-state index in [2.05, 4.69) is 20.1 Å². The van der Waals surface area contributed by atoms with Crippen molar-refractivity contribution < 1.29 is 28.6 Å². The fourth-order valence-electron chi connectivity index (χ4n) is 4.12. The molecule has 0 bridgehead atoms. The molecule has 8 nitrogen and oxygen atoms in total. The molecule has 0 aromatic heterocycles. The van der Waals surface area contributed by atoms with Gasteiger partial charge in [0.15, 0.2) is 0 Å². The largest absolute Gasteiger partial charge is 0.465 e. The Morgan fingerprint density at radius 3 is 1.61 bits per heavy atom. The third kappa shape index (κ3) is 7.56. The zero-order valence-corrected chi connectivity index (χ0v) is 17.0. The van der Waals surface area contributed by atoms with Gasteiger partial charge in [0, 0.05) is 13.1 Å². The van der Waals surface area contributed by atoms with Gasteiger partial charge < -0.3 is 24.8 Å². The molecule has 160 valence electrons. The van der Waals surface area contributed by atoms with Crippen LogP contribution >= 0.6 is 0 Å². The van der Waals surface area contributed by atoms with Gasteiger partial charge in [-0.3, -0.25) is 4.79 Å². The lowest BCUT2D eigenvalue weighted by Gasteiger charge is -2.30. The molecule has 0 aromatic carbocycles. The molecule has 2 aliphatic carbocycles. The van der Waals surface area contributed by atoms with Gasteiger partial charge in [-0.15, -0.1) is 0 Å². The summed E-state index contributed by atoms with van der Waals surface area (Å²) in [6, 6.07) is 0. The van der Waals surface area contributed by atoms with Gasteiger partial charge in [0.1, 0.15) is 0 Å². The van der Waals surface area contributed by atoms with E-state index >= 15 is 0 Å². The van der Waals surface area contributed by atoms with Crippen LogP contribution in [0.5, 0.6) is 0 Å². The first-order chi connectivity index (χ1) is 13.5. The molecular formula is C20H34N2O6.